The van der Waals surface area contributed by atoms with Gasteiger partial charge in [-0.3, -0.25) is 4.79 Å². The van der Waals surface area contributed by atoms with Crippen LogP contribution in [0.4, 0.5) is 8.78 Å². The molecule has 0 spiro atoms. The Kier molecular flexibility index (Phi) is 3.25. The van der Waals surface area contributed by atoms with Crippen LogP contribution in [0.15, 0.2) is 6.07 Å². The molecule has 0 heterocycles. The number of amides is 1. The molecule has 0 aliphatic rings. The Morgan fingerprint density at radius 2 is 2.07 bits per heavy atom. The molecular formula is C8H6F2INO2. The molecule has 0 atom stereocenters. The molecule has 14 heavy (non-hydrogen) atoms. The summed E-state index contributed by atoms with van der Waals surface area (Å²) < 4.78 is 31.0. The van der Waals surface area contributed by atoms with Crippen molar-refractivity contribution in [2.24, 2.45) is 5.73 Å². The van der Waals surface area contributed by atoms with Gasteiger partial charge in [-0.05, 0) is 28.7 Å². The van der Waals surface area contributed by atoms with Gasteiger partial charge in [-0.25, -0.2) is 8.78 Å². The van der Waals surface area contributed by atoms with Gasteiger partial charge in [0.1, 0.15) is 0 Å². The van der Waals surface area contributed by atoms with Gasteiger partial charge >= 0.3 is 0 Å². The normalized spacial score (nSPS) is 10.0. The fourth-order valence-corrected chi connectivity index (χ4v) is 1.50. The zero-order valence-corrected chi connectivity index (χ0v) is 9.26. The number of primary amides is 1. The van der Waals surface area contributed by atoms with Crippen molar-refractivity contribution in [1.29, 1.82) is 0 Å². The third-order valence-corrected chi connectivity index (χ3v) is 2.37. The summed E-state index contributed by atoms with van der Waals surface area (Å²) in [6.07, 6.45) is 0. The highest BCUT2D eigenvalue weighted by molar-refractivity contribution is 14.1. The van der Waals surface area contributed by atoms with E-state index in [9.17, 15) is 13.6 Å². The number of hydrogen-bond donors (Lipinski definition) is 1. The molecule has 76 valence electrons. The van der Waals surface area contributed by atoms with E-state index in [1.54, 1.807) is 22.6 Å². The van der Waals surface area contributed by atoms with Gasteiger partial charge in [0.2, 0.25) is 0 Å². The quantitative estimate of drug-likeness (QED) is 0.667. The van der Waals surface area contributed by atoms with Gasteiger partial charge in [0.25, 0.3) is 5.91 Å². The number of methoxy groups -OCH3 is 1. The average molecular weight is 313 g/mol. The molecule has 1 amide bonds. The number of carbonyl (C=O) groups is 1. The van der Waals surface area contributed by atoms with Crippen molar-refractivity contribution in [2.45, 2.75) is 0 Å². The summed E-state index contributed by atoms with van der Waals surface area (Å²) in [5, 5.41) is 0. The average Bonchev–Trinajstić information content (AvgIpc) is 2.12. The zero-order valence-electron chi connectivity index (χ0n) is 7.11. The van der Waals surface area contributed by atoms with E-state index in [2.05, 4.69) is 4.74 Å². The first-order chi connectivity index (χ1) is 6.49. The van der Waals surface area contributed by atoms with Gasteiger partial charge in [-0.1, -0.05) is 0 Å². The second kappa shape index (κ2) is 4.07. The minimum atomic E-state index is -1.07. The number of rotatable bonds is 2. The molecule has 1 rings (SSSR count). The van der Waals surface area contributed by atoms with Crippen molar-refractivity contribution in [3.63, 3.8) is 0 Å². The Balaban J connectivity index is 3.50. The highest BCUT2D eigenvalue weighted by Gasteiger charge is 2.20. The molecule has 0 saturated heterocycles. The van der Waals surface area contributed by atoms with Crippen LogP contribution in [0.1, 0.15) is 10.4 Å². The molecule has 0 saturated carbocycles. The number of halogens is 3. The van der Waals surface area contributed by atoms with Crippen LogP contribution in [0.25, 0.3) is 0 Å². The fourth-order valence-electron chi connectivity index (χ4n) is 0.939. The molecule has 0 fully saturated rings. The lowest BCUT2D eigenvalue weighted by molar-refractivity contribution is 0.0995. The van der Waals surface area contributed by atoms with Gasteiger partial charge in [-0.15, -0.1) is 0 Å². The molecule has 0 aliphatic heterocycles. The Morgan fingerprint density at radius 3 is 2.50 bits per heavy atom. The van der Waals surface area contributed by atoms with Crippen LogP contribution in [0.5, 0.6) is 5.75 Å². The molecule has 6 heteroatoms. The molecule has 2 N–H and O–H groups in total. The van der Waals surface area contributed by atoms with Crippen LogP contribution < -0.4 is 10.5 Å². The molecule has 0 bridgehead atoms. The van der Waals surface area contributed by atoms with Crippen LogP contribution in [0, 0.1) is 15.2 Å². The second-order valence-electron chi connectivity index (χ2n) is 2.43. The summed E-state index contributed by atoms with van der Waals surface area (Å²) in [6.45, 7) is 0. The lowest BCUT2D eigenvalue weighted by Crippen LogP contribution is -2.15. The Hall–Kier alpha value is -0.920. The lowest BCUT2D eigenvalue weighted by Gasteiger charge is -2.07. The predicted octanol–water partition coefficient (Wildman–Crippen LogP) is 1.68. The highest BCUT2D eigenvalue weighted by Crippen LogP contribution is 2.28. The van der Waals surface area contributed by atoms with Crippen LogP contribution in [-0.2, 0) is 0 Å². The third kappa shape index (κ3) is 1.79. The van der Waals surface area contributed by atoms with E-state index >= 15 is 0 Å². The summed E-state index contributed by atoms with van der Waals surface area (Å²) in [5.41, 5.74) is 4.52. The van der Waals surface area contributed by atoms with E-state index in [-0.39, 0.29) is 9.13 Å². The first-order valence-electron chi connectivity index (χ1n) is 3.50. The van der Waals surface area contributed by atoms with Crippen molar-refractivity contribution in [3.8, 4) is 5.75 Å². The van der Waals surface area contributed by atoms with Gasteiger partial charge in [0.05, 0.1) is 16.2 Å². The van der Waals surface area contributed by atoms with Crippen molar-refractivity contribution in [2.75, 3.05) is 7.11 Å². The van der Waals surface area contributed by atoms with E-state index in [1.165, 1.54) is 0 Å². The predicted molar refractivity (Wildman–Crippen MR) is 54.1 cm³/mol. The van der Waals surface area contributed by atoms with Gasteiger partial charge in [-0.2, -0.15) is 0 Å². The van der Waals surface area contributed by atoms with Crippen molar-refractivity contribution >= 4 is 28.5 Å². The topological polar surface area (TPSA) is 52.3 Å². The maximum absolute atomic E-state index is 13.3. The molecular weight excluding hydrogens is 307 g/mol. The maximum atomic E-state index is 13.3. The van der Waals surface area contributed by atoms with Crippen LogP contribution in [0.2, 0.25) is 0 Å². The SMILES string of the molecule is COc1c(F)c(I)cc(C(N)=O)c1F. The molecule has 0 radical (unpaired) electrons. The Bertz CT molecular complexity index is 395. The standard InChI is InChI=1S/C8H6F2INO2/c1-14-7-5(9)3(8(12)13)2-4(11)6(7)10/h2H,1H3,(H2,12,13). The fraction of sp³-hybridized carbons (Fsp3) is 0.125. The van der Waals surface area contributed by atoms with Crippen molar-refractivity contribution in [3.05, 3.63) is 26.8 Å². The summed E-state index contributed by atoms with van der Waals surface area (Å²) in [4.78, 5) is 10.8. The molecule has 0 aliphatic carbocycles. The number of hydrogen-bond acceptors (Lipinski definition) is 2. The minimum Gasteiger partial charge on any atom is -0.491 e. The molecule has 0 aromatic heterocycles. The van der Waals surface area contributed by atoms with Crippen LogP contribution in [0.3, 0.4) is 0 Å². The molecule has 3 nitrogen and oxygen atoms in total. The Morgan fingerprint density at radius 1 is 1.50 bits per heavy atom. The van der Waals surface area contributed by atoms with Crippen LogP contribution in [-0.4, -0.2) is 13.0 Å². The van der Waals surface area contributed by atoms with E-state index in [1.807, 2.05) is 0 Å². The number of nitrogens with two attached hydrogens (primary N) is 1. The first-order valence-corrected chi connectivity index (χ1v) is 4.58. The van der Waals surface area contributed by atoms with Gasteiger partial charge in [0, 0.05) is 0 Å². The summed E-state index contributed by atoms with van der Waals surface area (Å²) in [6, 6.07) is 1.04. The van der Waals surface area contributed by atoms with E-state index < -0.39 is 23.3 Å². The van der Waals surface area contributed by atoms with Crippen molar-refractivity contribution in [1.82, 2.24) is 0 Å². The highest BCUT2D eigenvalue weighted by atomic mass is 127. The third-order valence-electron chi connectivity index (χ3n) is 1.59. The minimum absolute atomic E-state index is 0.0784. The van der Waals surface area contributed by atoms with Gasteiger partial charge < -0.3 is 10.5 Å². The molecule has 0 unspecified atom stereocenters. The molecule has 1 aromatic rings. The van der Waals surface area contributed by atoms with E-state index in [4.69, 9.17) is 5.73 Å². The number of benzene rings is 1. The molecule has 1 aromatic carbocycles. The summed E-state index contributed by atoms with van der Waals surface area (Å²) in [7, 11) is 1.11. The van der Waals surface area contributed by atoms with Crippen molar-refractivity contribution < 1.29 is 18.3 Å². The second-order valence-corrected chi connectivity index (χ2v) is 3.59. The maximum Gasteiger partial charge on any atom is 0.251 e. The monoisotopic (exact) mass is 313 g/mol. The van der Waals surface area contributed by atoms with E-state index in [0.29, 0.717) is 0 Å². The number of ether oxygens (including phenoxy) is 1. The Labute approximate surface area is 92.4 Å². The first kappa shape index (κ1) is 11.2. The number of carbonyl (C=O) groups excluding carboxylic acids is 1. The largest absolute Gasteiger partial charge is 0.491 e. The lowest BCUT2D eigenvalue weighted by atomic mass is 10.2. The van der Waals surface area contributed by atoms with Crippen LogP contribution >= 0.6 is 22.6 Å². The summed E-state index contributed by atoms with van der Waals surface area (Å²) >= 11 is 1.62. The van der Waals surface area contributed by atoms with E-state index in [0.717, 1.165) is 13.2 Å². The summed E-state index contributed by atoms with van der Waals surface area (Å²) in [5.74, 6) is -3.46. The van der Waals surface area contributed by atoms with Gasteiger partial charge in [0.15, 0.2) is 17.4 Å². The smallest absolute Gasteiger partial charge is 0.251 e. The zero-order chi connectivity index (χ0) is 10.9.